The highest BCUT2D eigenvalue weighted by Gasteiger charge is 2.23. The van der Waals surface area contributed by atoms with Crippen molar-refractivity contribution in [2.45, 2.75) is 33.3 Å². The van der Waals surface area contributed by atoms with Gasteiger partial charge in [-0.25, -0.2) is 0 Å². The molecule has 1 heterocycles. The lowest BCUT2D eigenvalue weighted by atomic mass is 9.98. The molecule has 0 aliphatic carbocycles. The number of aliphatic hydroxyl groups excluding tert-OH is 1. The first-order valence-corrected chi connectivity index (χ1v) is 7.00. The van der Waals surface area contributed by atoms with Crippen molar-refractivity contribution < 1.29 is 9.84 Å². The average molecular weight is 278 g/mol. The summed E-state index contributed by atoms with van der Waals surface area (Å²) in [5.41, 5.74) is 3.77. The summed E-state index contributed by atoms with van der Waals surface area (Å²) in [6.07, 6.45) is 0.0290. The summed E-state index contributed by atoms with van der Waals surface area (Å²) in [5, 5.41) is 14.7. The van der Waals surface area contributed by atoms with Crippen LogP contribution in [0.4, 0.5) is 0 Å². The Morgan fingerprint density at radius 2 is 2.11 bits per heavy atom. The Balaban J connectivity index is 2.52. The van der Waals surface area contributed by atoms with E-state index in [1.54, 1.807) is 7.11 Å². The zero-order valence-corrected chi connectivity index (χ0v) is 12.4. The molecule has 0 amide bonds. The molecule has 0 aliphatic heterocycles. The van der Waals surface area contributed by atoms with Gasteiger partial charge in [-0.05, 0) is 49.0 Å². The summed E-state index contributed by atoms with van der Waals surface area (Å²) in [4.78, 5) is 0.799. The maximum absolute atomic E-state index is 10.6. The largest absolute Gasteiger partial charge is 0.496 e. The second-order valence-electron chi connectivity index (χ2n) is 4.54. The van der Waals surface area contributed by atoms with E-state index in [0.717, 1.165) is 33.7 Å². The lowest BCUT2D eigenvalue weighted by Crippen LogP contribution is -2.06. The Labute approximate surface area is 117 Å². The van der Waals surface area contributed by atoms with Crippen molar-refractivity contribution in [1.29, 1.82) is 0 Å². The van der Waals surface area contributed by atoms with Crippen LogP contribution in [-0.4, -0.2) is 21.8 Å². The lowest BCUT2D eigenvalue weighted by Gasteiger charge is -2.17. The number of aryl methyl sites for hydroxylation is 3. The molecule has 0 fully saturated rings. The molecule has 2 aromatic rings. The van der Waals surface area contributed by atoms with Crippen molar-refractivity contribution in [2.24, 2.45) is 0 Å². The third-order valence-corrected chi connectivity index (χ3v) is 3.97. The van der Waals surface area contributed by atoms with Gasteiger partial charge in [-0.3, -0.25) is 0 Å². The van der Waals surface area contributed by atoms with Gasteiger partial charge in [0.15, 0.2) is 0 Å². The first-order chi connectivity index (χ1) is 9.08. The summed E-state index contributed by atoms with van der Waals surface area (Å²) in [6.45, 7) is 6.00. The molecule has 0 saturated carbocycles. The molecule has 1 aromatic heterocycles. The number of rotatable bonds is 4. The highest BCUT2D eigenvalue weighted by atomic mass is 32.1. The summed E-state index contributed by atoms with van der Waals surface area (Å²) < 4.78 is 9.34. The Morgan fingerprint density at radius 1 is 1.37 bits per heavy atom. The number of nitrogens with zero attached hydrogens (tertiary/aromatic N) is 2. The van der Waals surface area contributed by atoms with Crippen LogP contribution in [-0.2, 0) is 6.42 Å². The van der Waals surface area contributed by atoms with E-state index in [2.05, 4.69) is 9.59 Å². The fourth-order valence-corrected chi connectivity index (χ4v) is 2.99. The standard InChI is InChI=1S/C14H18N2O2S/c1-5-10-14(19-16-15-10)13(17)12-9(3)6-8(2)7-11(12)18-4/h6-7,13,17H,5H2,1-4H3. The molecule has 0 radical (unpaired) electrons. The summed E-state index contributed by atoms with van der Waals surface area (Å²) in [5.74, 6) is 0.709. The zero-order valence-electron chi connectivity index (χ0n) is 11.6. The van der Waals surface area contributed by atoms with Crippen LogP contribution in [0.1, 0.15) is 40.3 Å². The van der Waals surface area contributed by atoms with Crippen LogP contribution in [0.15, 0.2) is 12.1 Å². The van der Waals surface area contributed by atoms with Crippen LogP contribution in [0.5, 0.6) is 5.75 Å². The van der Waals surface area contributed by atoms with E-state index in [0.29, 0.717) is 5.75 Å². The third-order valence-electron chi connectivity index (χ3n) is 3.15. The molecule has 0 bridgehead atoms. The van der Waals surface area contributed by atoms with Crippen molar-refractivity contribution in [3.8, 4) is 5.75 Å². The van der Waals surface area contributed by atoms with Gasteiger partial charge < -0.3 is 9.84 Å². The fourth-order valence-electron chi connectivity index (χ4n) is 2.26. The molecule has 0 spiro atoms. The normalized spacial score (nSPS) is 12.5. The maximum Gasteiger partial charge on any atom is 0.125 e. The van der Waals surface area contributed by atoms with Gasteiger partial charge in [0.25, 0.3) is 0 Å². The monoisotopic (exact) mass is 278 g/mol. The molecule has 1 aromatic carbocycles. The van der Waals surface area contributed by atoms with Crippen LogP contribution in [0.3, 0.4) is 0 Å². The van der Waals surface area contributed by atoms with Gasteiger partial charge in [-0.2, -0.15) is 0 Å². The van der Waals surface area contributed by atoms with Gasteiger partial charge in [0.1, 0.15) is 11.9 Å². The van der Waals surface area contributed by atoms with Crippen LogP contribution in [0.2, 0.25) is 0 Å². The van der Waals surface area contributed by atoms with Gasteiger partial charge in [0, 0.05) is 5.56 Å². The second-order valence-corrected chi connectivity index (χ2v) is 5.32. The van der Waals surface area contributed by atoms with E-state index < -0.39 is 6.10 Å². The minimum absolute atomic E-state index is 0.709. The number of methoxy groups -OCH3 is 1. The first kappa shape index (κ1) is 14.0. The number of hydrogen-bond donors (Lipinski definition) is 1. The van der Waals surface area contributed by atoms with Crippen molar-refractivity contribution in [1.82, 2.24) is 9.59 Å². The van der Waals surface area contributed by atoms with Crippen molar-refractivity contribution in [3.05, 3.63) is 39.4 Å². The predicted octanol–water partition coefficient (Wildman–Crippen LogP) is 2.81. The van der Waals surface area contributed by atoms with Crippen molar-refractivity contribution in [2.75, 3.05) is 7.11 Å². The molecule has 102 valence electrons. The minimum Gasteiger partial charge on any atom is -0.496 e. The minimum atomic E-state index is -0.731. The predicted molar refractivity (Wildman–Crippen MR) is 75.8 cm³/mol. The topological polar surface area (TPSA) is 55.2 Å². The van der Waals surface area contributed by atoms with Crippen LogP contribution in [0.25, 0.3) is 0 Å². The Bertz CT molecular complexity index is 581. The van der Waals surface area contributed by atoms with Crippen LogP contribution in [0, 0.1) is 13.8 Å². The Kier molecular flexibility index (Phi) is 4.17. The number of aromatic nitrogens is 2. The molecule has 0 saturated heterocycles. The summed E-state index contributed by atoms with van der Waals surface area (Å²) in [6, 6.07) is 3.98. The quantitative estimate of drug-likeness (QED) is 0.934. The fraction of sp³-hybridized carbons (Fsp3) is 0.429. The van der Waals surface area contributed by atoms with Gasteiger partial charge in [0.05, 0.1) is 17.7 Å². The van der Waals surface area contributed by atoms with Crippen LogP contribution >= 0.6 is 11.5 Å². The third kappa shape index (κ3) is 2.62. The average Bonchev–Trinajstić information content (AvgIpc) is 2.85. The van der Waals surface area contributed by atoms with Gasteiger partial charge in [-0.15, -0.1) is 5.10 Å². The van der Waals surface area contributed by atoms with Crippen molar-refractivity contribution >= 4 is 11.5 Å². The molecule has 1 atom stereocenters. The van der Waals surface area contributed by atoms with E-state index in [9.17, 15) is 5.11 Å². The SMILES string of the molecule is CCc1nnsc1C(O)c1c(C)cc(C)cc1OC. The molecule has 5 heteroatoms. The number of benzene rings is 1. The molecular weight excluding hydrogens is 260 g/mol. The van der Waals surface area contributed by atoms with Gasteiger partial charge in [-0.1, -0.05) is 17.5 Å². The van der Waals surface area contributed by atoms with Crippen molar-refractivity contribution in [3.63, 3.8) is 0 Å². The molecule has 0 aliphatic rings. The van der Waals surface area contributed by atoms with Gasteiger partial charge >= 0.3 is 0 Å². The molecule has 4 nitrogen and oxygen atoms in total. The number of ether oxygens (including phenoxy) is 1. The van der Waals surface area contributed by atoms with E-state index >= 15 is 0 Å². The number of hydrogen-bond acceptors (Lipinski definition) is 5. The number of aliphatic hydroxyl groups is 1. The Hall–Kier alpha value is -1.46. The maximum atomic E-state index is 10.6. The highest BCUT2D eigenvalue weighted by Crippen LogP contribution is 2.36. The molecule has 1 N–H and O–H groups in total. The van der Waals surface area contributed by atoms with Crippen LogP contribution < -0.4 is 4.74 Å². The highest BCUT2D eigenvalue weighted by molar-refractivity contribution is 7.05. The van der Waals surface area contributed by atoms with Gasteiger partial charge in [0.2, 0.25) is 0 Å². The smallest absolute Gasteiger partial charge is 0.125 e. The molecule has 19 heavy (non-hydrogen) atoms. The summed E-state index contributed by atoms with van der Waals surface area (Å²) >= 11 is 1.24. The lowest BCUT2D eigenvalue weighted by molar-refractivity contribution is 0.216. The molecule has 2 rings (SSSR count). The van der Waals surface area contributed by atoms with E-state index in [1.165, 1.54) is 11.5 Å². The summed E-state index contributed by atoms with van der Waals surface area (Å²) in [7, 11) is 1.62. The van der Waals surface area contributed by atoms with E-state index in [4.69, 9.17) is 4.74 Å². The second kappa shape index (κ2) is 5.67. The Morgan fingerprint density at radius 3 is 2.74 bits per heavy atom. The molecule has 1 unspecified atom stereocenters. The zero-order chi connectivity index (χ0) is 14.0. The molecular formula is C14H18N2O2S. The first-order valence-electron chi connectivity index (χ1n) is 6.22. The van der Waals surface area contributed by atoms with E-state index in [1.807, 2.05) is 32.9 Å². The van der Waals surface area contributed by atoms with E-state index in [-0.39, 0.29) is 0 Å².